The number of hydrogen-bond donors (Lipinski definition) is 3. The number of benzene rings is 1. The van der Waals surface area contributed by atoms with Gasteiger partial charge in [-0.05, 0) is 19.4 Å². The number of anilines is 2. The quantitative estimate of drug-likeness (QED) is 0.386. The largest absolute Gasteiger partial charge is 0.618 e. The Labute approximate surface area is 144 Å². The van der Waals surface area contributed by atoms with Gasteiger partial charge < -0.3 is 20.9 Å². The summed E-state index contributed by atoms with van der Waals surface area (Å²) >= 11 is 0. The maximum Gasteiger partial charge on any atom is 0.265 e. The lowest BCUT2D eigenvalue weighted by molar-refractivity contribution is -0.606. The van der Waals surface area contributed by atoms with E-state index in [1.165, 1.54) is 6.20 Å². The van der Waals surface area contributed by atoms with Crippen molar-refractivity contribution in [3.63, 3.8) is 0 Å². The predicted molar refractivity (Wildman–Crippen MR) is 96.1 cm³/mol. The third kappa shape index (κ3) is 2.78. The molecule has 128 valence electrons. The van der Waals surface area contributed by atoms with Gasteiger partial charge in [0, 0.05) is 6.54 Å². The monoisotopic (exact) mass is 337 g/mol. The van der Waals surface area contributed by atoms with Crippen LogP contribution in [0.2, 0.25) is 0 Å². The van der Waals surface area contributed by atoms with Crippen LogP contribution in [0.15, 0.2) is 48.8 Å². The summed E-state index contributed by atoms with van der Waals surface area (Å²) < 4.78 is 2.67. The molecule has 1 aliphatic rings. The minimum absolute atomic E-state index is 0.499. The van der Waals surface area contributed by atoms with Crippen molar-refractivity contribution < 1.29 is 9.84 Å². The van der Waals surface area contributed by atoms with Crippen molar-refractivity contribution in [2.75, 3.05) is 17.2 Å². The molecule has 4 rings (SSSR count). The molecule has 0 spiro atoms. The van der Waals surface area contributed by atoms with E-state index in [0.717, 1.165) is 15.9 Å². The summed E-state index contributed by atoms with van der Waals surface area (Å²) in [6, 6.07) is 9.83. The lowest BCUT2D eigenvalue weighted by Crippen LogP contribution is -2.35. The number of imidazole rings is 1. The first-order chi connectivity index (χ1) is 11.9. The van der Waals surface area contributed by atoms with E-state index in [4.69, 9.17) is 0 Å². The molecule has 0 unspecified atom stereocenters. The molecule has 7 heteroatoms. The molecule has 0 fully saturated rings. The topological polar surface area (TPSA) is 88.5 Å². The Kier molecular flexibility index (Phi) is 3.40. The second-order valence-electron chi connectivity index (χ2n) is 6.56. The zero-order chi connectivity index (χ0) is 17.6. The Balaban J connectivity index is 1.88. The number of hydrogen-bond acceptors (Lipinski definition) is 5. The number of fused-ring (bicyclic) bond motifs is 3. The third-order valence-electron chi connectivity index (χ3n) is 4.00. The van der Waals surface area contributed by atoms with E-state index < -0.39 is 5.72 Å². The molecule has 2 aromatic heterocycles. The summed E-state index contributed by atoms with van der Waals surface area (Å²) in [5.74, 6) is 1.18. The number of nitrogens with zero attached hydrogens (tertiary/aromatic N) is 3. The van der Waals surface area contributed by atoms with Crippen LogP contribution < -0.4 is 15.4 Å². The first kappa shape index (κ1) is 15.5. The molecular formula is C18H19N5O2. The lowest BCUT2D eigenvalue weighted by Gasteiger charge is -2.19. The Bertz CT molecular complexity index is 971. The van der Waals surface area contributed by atoms with Gasteiger partial charge in [0.1, 0.15) is 11.5 Å². The lowest BCUT2D eigenvalue weighted by atomic mass is 10.00. The van der Waals surface area contributed by atoms with E-state index in [1.807, 2.05) is 40.8 Å². The standard InChI is InChI=1S/C18H19N5O2/c1-18(2,24)21-14-10-22-15(20-14)11-23(25)16-13(8-9-19-17(16)22)12-6-4-3-5-7-12/h3-8,10-11,19,21,24H,9H2,1-2H3. The van der Waals surface area contributed by atoms with Crippen molar-refractivity contribution in [3.8, 4) is 0 Å². The van der Waals surface area contributed by atoms with Crippen LogP contribution in [-0.4, -0.2) is 26.8 Å². The first-order valence-electron chi connectivity index (χ1n) is 8.08. The molecule has 3 aromatic rings. The van der Waals surface area contributed by atoms with Crippen LogP contribution in [0.5, 0.6) is 0 Å². The second kappa shape index (κ2) is 5.49. The van der Waals surface area contributed by atoms with Gasteiger partial charge in [0.25, 0.3) is 5.69 Å². The molecule has 0 aliphatic carbocycles. The van der Waals surface area contributed by atoms with Gasteiger partial charge in [0.2, 0.25) is 11.8 Å². The van der Waals surface area contributed by atoms with E-state index in [2.05, 4.69) is 15.6 Å². The van der Waals surface area contributed by atoms with Gasteiger partial charge in [-0.1, -0.05) is 36.4 Å². The van der Waals surface area contributed by atoms with Gasteiger partial charge in [-0.25, -0.2) is 4.98 Å². The van der Waals surface area contributed by atoms with Gasteiger partial charge in [0.05, 0.1) is 11.8 Å². The molecule has 0 atom stereocenters. The van der Waals surface area contributed by atoms with Gasteiger partial charge in [0.15, 0.2) is 5.82 Å². The average Bonchev–Trinajstić information content (AvgIpc) is 2.95. The molecule has 3 N–H and O–H groups in total. The summed E-state index contributed by atoms with van der Waals surface area (Å²) in [5, 5.41) is 28.8. The van der Waals surface area contributed by atoms with Crippen LogP contribution in [-0.2, 0) is 0 Å². The van der Waals surface area contributed by atoms with Gasteiger partial charge in [-0.3, -0.25) is 4.40 Å². The second-order valence-corrected chi connectivity index (χ2v) is 6.56. The first-order valence-corrected chi connectivity index (χ1v) is 8.08. The predicted octanol–water partition coefficient (Wildman–Crippen LogP) is 1.97. The highest BCUT2D eigenvalue weighted by molar-refractivity contribution is 5.84. The molecular weight excluding hydrogens is 318 g/mol. The Morgan fingerprint density at radius 1 is 1.32 bits per heavy atom. The smallest absolute Gasteiger partial charge is 0.265 e. The average molecular weight is 337 g/mol. The molecule has 3 heterocycles. The van der Waals surface area contributed by atoms with Crippen LogP contribution in [0.25, 0.3) is 11.2 Å². The molecule has 1 aromatic carbocycles. The summed E-state index contributed by atoms with van der Waals surface area (Å²) in [5.41, 5.74) is 1.83. The number of aliphatic hydroxyl groups is 1. The van der Waals surface area contributed by atoms with E-state index in [0.29, 0.717) is 29.5 Å². The molecule has 0 bridgehead atoms. The van der Waals surface area contributed by atoms with Crippen LogP contribution in [0, 0.1) is 5.21 Å². The summed E-state index contributed by atoms with van der Waals surface area (Å²) in [4.78, 5) is 4.38. The Hall–Kier alpha value is -3.06. The molecule has 0 amide bonds. The Morgan fingerprint density at radius 2 is 2.08 bits per heavy atom. The molecule has 25 heavy (non-hydrogen) atoms. The number of nitrogens with one attached hydrogen (secondary N) is 2. The zero-order valence-corrected chi connectivity index (χ0v) is 14.0. The molecule has 0 radical (unpaired) electrons. The van der Waals surface area contributed by atoms with Crippen LogP contribution >= 0.6 is 0 Å². The normalized spacial score (nSPS) is 14.0. The van der Waals surface area contributed by atoms with Crippen LogP contribution in [0.4, 0.5) is 11.6 Å². The fraction of sp³-hybridized carbons (Fsp3) is 0.222. The fourth-order valence-electron chi connectivity index (χ4n) is 3.06. The summed E-state index contributed by atoms with van der Waals surface area (Å²) in [6.45, 7) is 3.88. The molecule has 0 saturated heterocycles. The van der Waals surface area contributed by atoms with Crippen molar-refractivity contribution in [3.05, 3.63) is 65.3 Å². The Morgan fingerprint density at radius 3 is 2.80 bits per heavy atom. The van der Waals surface area contributed by atoms with Gasteiger partial charge >= 0.3 is 0 Å². The number of aromatic nitrogens is 3. The maximum absolute atomic E-state index is 12.7. The van der Waals surface area contributed by atoms with Crippen LogP contribution in [0.1, 0.15) is 25.1 Å². The molecule has 7 nitrogen and oxygen atoms in total. The SMILES string of the molecule is CC(C)(O)Nc1cn2c3c([n+]([O-])cc2n1)C(c1ccccc1)=CCN3. The number of rotatable bonds is 3. The van der Waals surface area contributed by atoms with E-state index in [9.17, 15) is 10.3 Å². The van der Waals surface area contributed by atoms with E-state index in [1.54, 1.807) is 20.0 Å². The van der Waals surface area contributed by atoms with Crippen molar-refractivity contribution in [2.45, 2.75) is 19.6 Å². The van der Waals surface area contributed by atoms with Crippen molar-refractivity contribution in [1.29, 1.82) is 0 Å². The minimum atomic E-state index is -1.10. The zero-order valence-electron chi connectivity index (χ0n) is 14.0. The van der Waals surface area contributed by atoms with Crippen molar-refractivity contribution in [1.82, 2.24) is 9.38 Å². The van der Waals surface area contributed by atoms with Crippen molar-refractivity contribution in [2.24, 2.45) is 0 Å². The van der Waals surface area contributed by atoms with Gasteiger partial charge in [-0.15, -0.1) is 0 Å². The highest BCUT2D eigenvalue weighted by atomic mass is 16.5. The van der Waals surface area contributed by atoms with Gasteiger partial charge in [-0.2, -0.15) is 4.73 Å². The highest BCUT2D eigenvalue weighted by Gasteiger charge is 2.27. The fourth-order valence-corrected chi connectivity index (χ4v) is 3.06. The van der Waals surface area contributed by atoms with E-state index in [-0.39, 0.29) is 0 Å². The van der Waals surface area contributed by atoms with E-state index >= 15 is 0 Å². The van der Waals surface area contributed by atoms with Crippen molar-refractivity contribution >= 4 is 22.9 Å². The third-order valence-corrected chi connectivity index (χ3v) is 4.00. The summed E-state index contributed by atoms with van der Waals surface area (Å²) in [7, 11) is 0. The highest BCUT2D eigenvalue weighted by Crippen LogP contribution is 2.31. The maximum atomic E-state index is 12.7. The minimum Gasteiger partial charge on any atom is -0.618 e. The molecule has 0 saturated carbocycles. The van der Waals surface area contributed by atoms with Crippen LogP contribution in [0.3, 0.4) is 0 Å². The summed E-state index contributed by atoms with van der Waals surface area (Å²) in [6.07, 6.45) is 5.22. The molecule has 1 aliphatic heterocycles.